The van der Waals surface area contributed by atoms with Crippen LogP contribution in [0.25, 0.3) is 0 Å². The molecule has 1 heterocycles. The second kappa shape index (κ2) is 20.7. The maximum atomic E-state index is 12.1. The fourth-order valence-electron chi connectivity index (χ4n) is 3.07. The van der Waals surface area contributed by atoms with E-state index in [0.717, 1.165) is 24.3 Å². The van der Waals surface area contributed by atoms with Crippen LogP contribution in [0.15, 0.2) is 0 Å². The lowest BCUT2D eigenvalue weighted by Gasteiger charge is -2.23. The van der Waals surface area contributed by atoms with Gasteiger partial charge in [0.1, 0.15) is 11.5 Å². The summed E-state index contributed by atoms with van der Waals surface area (Å²) in [7, 11) is -8.58. The van der Waals surface area contributed by atoms with Crippen molar-refractivity contribution in [2.45, 2.75) is 56.3 Å². The first-order chi connectivity index (χ1) is 19.2. The lowest BCUT2D eigenvalue weighted by Crippen LogP contribution is -2.30. The van der Waals surface area contributed by atoms with Gasteiger partial charge >= 0.3 is 23.5 Å². The molecule has 1 rings (SSSR count). The lowest BCUT2D eigenvalue weighted by atomic mass is 9.71. The van der Waals surface area contributed by atoms with Crippen LogP contribution in [-0.2, 0) is 41.1 Å². The highest BCUT2D eigenvalue weighted by molar-refractivity contribution is 8.77. The van der Waals surface area contributed by atoms with Crippen molar-refractivity contribution in [3.63, 3.8) is 0 Å². The van der Waals surface area contributed by atoms with Gasteiger partial charge in [0, 0.05) is 30.5 Å². The molecule has 23 heteroatoms. The molecule has 0 aromatic rings. The number of amides is 1. The third kappa shape index (κ3) is 20.4. The van der Waals surface area contributed by atoms with E-state index in [9.17, 15) is 28.3 Å². The van der Waals surface area contributed by atoms with Crippen molar-refractivity contribution in [3.05, 3.63) is 0 Å². The number of phosphoric acid groups is 3. The molecule has 0 aromatic heterocycles. The number of carbonyl (C=O) groups is 1. The molecule has 0 bridgehead atoms. The van der Waals surface area contributed by atoms with Crippen LogP contribution in [0.3, 0.4) is 0 Å². The van der Waals surface area contributed by atoms with Gasteiger partial charge in [-0.15, -0.1) is 0 Å². The average Bonchev–Trinajstić information content (AvgIpc) is 3.21. The standard InChI is InChI=1S/C18H35BN2O13P3S4/c1-14(41-38-2)31-15-12-17(19-7-5-9-21-18(22)6-3-4-10-39-40-11-8-20)32-16(15)13-30-36(26,27)34-37(28,29)33-35(23,24)25/h14-17H,3-4,6,8-13,20H2,1-2H3,(H,21,22)(H,26,27)(H,28,29)(H2,23,24,25)/t14-,15+,16?,17+/m0/s1. The second-order valence-corrected chi connectivity index (χ2v) is 17.9. The lowest BCUT2D eigenvalue weighted by molar-refractivity contribution is -0.120. The molecule has 1 saturated heterocycles. The Morgan fingerprint density at radius 1 is 1.15 bits per heavy atom. The van der Waals surface area contributed by atoms with Crippen LogP contribution >= 0.6 is 66.6 Å². The molecule has 0 aliphatic carbocycles. The number of carbonyl (C=O) groups excluding carboxylic acids is 1. The highest BCUT2D eigenvalue weighted by Gasteiger charge is 2.43. The zero-order valence-corrected chi connectivity index (χ0v) is 28.2. The Labute approximate surface area is 256 Å². The van der Waals surface area contributed by atoms with Gasteiger partial charge in [0.25, 0.3) is 7.28 Å². The normalized spacial score (nSPS) is 22.7. The van der Waals surface area contributed by atoms with E-state index in [2.05, 4.69) is 25.7 Å². The van der Waals surface area contributed by atoms with E-state index in [1.165, 1.54) is 28.9 Å². The minimum Gasteiger partial charge on any atom is -0.377 e. The molecular weight excluding hydrogens is 684 g/mol. The Morgan fingerprint density at radius 2 is 1.85 bits per heavy atom. The van der Waals surface area contributed by atoms with E-state index in [1.807, 2.05) is 6.26 Å². The van der Waals surface area contributed by atoms with Gasteiger partial charge in [-0.25, -0.2) is 13.7 Å². The fraction of sp³-hybridized carbons (Fsp3) is 0.833. The van der Waals surface area contributed by atoms with E-state index < -0.39 is 48.3 Å². The van der Waals surface area contributed by atoms with Crippen molar-refractivity contribution in [2.75, 3.05) is 37.5 Å². The van der Waals surface area contributed by atoms with Crippen molar-refractivity contribution in [2.24, 2.45) is 5.73 Å². The number of phosphoric ester groups is 1. The van der Waals surface area contributed by atoms with Gasteiger partial charge < -0.3 is 40.1 Å². The summed E-state index contributed by atoms with van der Waals surface area (Å²) in [5, 5.41) is 2.72. The average molecular weight is 719 g/mol. The number of ether oxygens (including phenoxy) is 2. The van der Waals surface area contributed by atoms with Crippen LogP contribution in [0.2, 0.25) is 0 Å². The third-order valence-corrected chi connectivity index (χ3v) is 12.8. The molecule has 15 nitrogen and oxygen atoms in total. The molecule has 1 aliphatic heterocycles. The van der Waals surface area contributed by atoms with Crippen LogP contribution in [0.1, 0.15) is 32.6 Å². The number of nitrogens with one attached hydrogen (secondary N) is 1. The van der Waals surface area contributed by atoms with E-state index in [-0.39, 0.29) is 17.9 Å². The van der Waals surface area contributed by atoms with Gasteiger partial charge in [-0.2, -0.15) is 14.4 Å². The molecule has 0 saturated carbocycles. The zero-order chi connectivity index (χ0) is 30.9. The Morgan fingerprint density at radius 3 is 2.51 bits per heavy atom. The van der Waals surface area contributed by atoms with Gasteiger partial charge in [0.05, 0.1) is 19.3 Å². The summed E-state index contributed by atoms with van der Waals surface area (Å²) in [6.45, 7) is 1.94. The van der Waals surface area contributed by atoms with Crippen LogP contribution in [0, 0.1) is 11.7 Å². The Balaban J connectivity index is 2.55. The predicted molar refractivity (Wildman–Crippen MR) is 163 cm³/mol. The first-order valence-electron chi connectivity index (χ1n) is 12.0. The van der Waals surface area contributed by atoms with Crippen LogP contribution < -0.4 is 11.1 Å². The minimum absolute atomic E-state index is 0.101. The smallest absolute Gasteiger partial charge is 0.377 e. The summed E-state index contributed by atoms with van der Waals surface area (Å²) in [4.78, 5) is 48.3. The highest BCUT2D eigenvalue weighted by atomic mass is 33.1. The topological polar surface area (TPSA) is 233 Å². The molecule has 6 atom stereocenters. The van der Waals surface area contributed by atoms with Crippen LogP contribution in [-0.4, -0.2) is 93.9 Å². The summed E-state index contributed by atoms with van der Waals surface area (Å²) in [5.41, 5.74) is 5.14. The largest absolute Gasteiger partial charge is 0.490 e. The van der Waals surface area contributed by atoms with Crippen molar-refractivity contribution < 1.29 is 60.7 Å². The molecule has 3 unspecified atom stereocenters. The summed E-state index contributed by atoms with van der Waals surface area (Å²) in [6, 6.07) is -0.571. The summed E-state index contributed by atoms with van der Waals surface area (Å²) in [5.74, 6) is 7.35. The second-order valence-electron chi connectivity index (χ2n) is 7.99. The first-order valence-corrected chi connectivity index (χ1v) is 21.6. The van der Waals surface area contributed by atoms with Gasteiger partial charge in [-0.05, 0) is 32.4 Å². The van der Waals surface area contributed by atoms with Crippen molar-refractivity contribution in [3.8, 4) is 11.7 Å². The van der Waals surface area contributed by atoms with Crippen LogP contribution in [0.5, 0.6) is 0 Å². The fourth-order valence-corrected chi connectivity index (χ4v) is 9.51. The van der Waals surface area contributed by atoms with E-state index in [0.29, 0.717) is 19.4 Å². The Kier molecular flexibility index (Phi) is 20.1. The van der Waals surface area contributed by atoms with Gasteiger partial charge in [-0.3, -0.25) is 9.32 Å². The Bertz CT molecular complexity index is 1000. The SMILES string of the molecule is CSS[C@@H](C)O[C@@H]1C[C@H]([B]C#CCNC(=O)CCCCSSCCN)OC1COP(=O)(O)OP(=O)(O)OP(=O)(O)O. The van der Waals surface area contributed by atoms with E-state index >= 15 is 0 Å². The molecule has 0 spiro atoms. The monoisotopic (exact) mass is 719 g/mol. The van der Waals surface area contributed by atoms with Gasteiger partial charge in [0.2, 0.25) is 5.91 Å². The first kappa shape index (κ1) is 39.8. The van der Waals surface area contributed by atoms with Gasteiger partial charge in [0.15, 0.2) is 0 Å². The quantitative estimate of drug-likeness (QED) is 0.0250. The molecule has 1 amide bonds. The molecule has 1 radical (unpaired) electrons. The molecule has 41 heavy (non-hydrogen) atoms. The molecule has 0 aromatic carbocycles. The van der Waals surface area contributed by atoms with E-state index in [4.69, 9.17) is 29.5 Å². The molecule has 7 N–H and O–H groups in total. The number of nitrogens with two attached hydrogens (primary N) is 1. The number of hydrogen-bond acceptors (Lipinski definition) is 14. The highest BCUT2D eigenvalue weighted by Crippen LogP contribution is 2.66. The van der Waals surface area contributed by atoms with Crippen LogP contribution in [0.4, 0.5) is 0 Å². The summed E-state index contributed by atoms with van der Waals surface area (Å²) < 4.78 is 58.3. The molecule has 1 fully saturated rings. The third-order valence-electron chi connectivity index (χ3n) is 4.56. The predicted octanol–water partition coefficient (Wildman–Crippen LogP) is 2.48. The summed E-state index contributed by atoms with van der Waals surface area (Å²) in [6.07, 6.45) is 2.69. The minimum atomic E-state index is -5.64. The Hall–Kier alpha value is 0.785. The molecule has 237 valence electrons. The van der Waals surface area contributed by atoms with Gasteiger partial charge in [-0.1, -0.05) is 49.1 Å². The van der Waals surface area contributed by atoms with E-state index in [1.54, 1.807) is 28.5 Å². The maximum absolute atomic E-state index is 12.1. The molecule has 1 aliphatic rings. The summed E-state index contributed by atoms with van der Waals surface area (Å²) >= 11 is 0. The van der Waals surface area contributed by atoms with Crippen molar-refractivity contribution in [1.82, 2.24) is 5.32 Å². The van der Waals surface area contributed by atoms with Crippen molar-refractivity contribution in [1.29, 1.82) is 0 Å². The maximum Gasteiger partial charge on any atom is 0.490 e. The number of rotatable bonds is 21. The molecular formula is C18H35BN2O13P3S4. The number of hydrogen-bond donors (Lipinski definition) is 6. The zero-order valence-electron chi connectivity index (χ0n) is 22.3. The van der Waals surface area contributed by atoms with Crippen molar-refractivity contribution >= 4 is 79.8 Å². The number of unbranched alkanes of at least 4 members (excludes halogenated alkanes) is 1.